The van der Waals surface area contributed by atoms with Gasteiger partial charge < -0.3 is 9.80 Å². The standard InChI is InChI=1S/C88H80N4.2ClHO4/c1-85(2)79(45-27-47-81-87(57-63-29-11-7-12-30-63,58-64-31-13-8-14-32-64)73-41-23-25-43-75(73)89(81)5)91(77-55-53-69-37-19-21-39-71(69)83(77)85)61-67-49-51-68(52-50-67)62-92-78-56-54-70-38-20-22-40-72(70)84(78)86(3,4)80(92)46-28-48-82-88(59-65-33-15-9-16-34-65,60-66-35-17-10-18-36-66)74-42-24-26-44-76(74)90(82)6;2*2-1(3,4)5/h7-56H,57-62H2,1-6H3;2*(H,2,3,4,5)/q+2;;/p-2. The fraction of sp³-hybridized carbons (Fsp3) is 0.182. The van der Waals surface area contributed by atoms with Crippen LogP contribution in [0, 0.1) is 20.5 Å². The summed E-state index contributed by atoms with van der Waals surface area (Å²) < 4.78 is 73.1. The van der Waals surface area contributed by atoms with E-state index in [4.69, 9.17) is 37.3 Å². The summed E-state index contributed by atoms with van der Waals surface area (Å²) in [7, 11) is -5.36. The van der Waals surface area contributed by atoms with Gasteiger partial charge in [0.1, 0.15) is 0 Å². The predicted molar refractivity (Wildman–Crippen MR) is 386 cm³/mol. The van der Waals surface area contributed by atoms with Crippen LogP contribution in [0.4, 0.5) is 22.7 Å². The topological polar surface area (TPSA) is 197 Å². The van der Waals surface area contributed by atoms with E-state index in [0.29, 0.717) is 0 Å². The Hall–Kier alpha value is -9.90. The number of hydrogen-bond acceptors (Lipinski definition) is 10. The summed E-state index contributed by atoms with van der Waals surface area (Å²) in [6.07, 6.45) is 18.0. The van der Waals surface area contributed by atoms with Gasteiger partial charge in [0.2, 0.25) is 11.4 Å². The van der Waals surface area contributed by atoms with E-state index < -0.39 is 20.5 Å². The quantitative estimate of drug-likeness (QED) is 0.0840. The molecule has 514 valence electrons. The summed E-state index contributed by atoms with van der Waals surface area (Å²) in [5.74, 6) is 0. The van der Waals surface area contributed by atoms with Gasteiger partial charge >= 0.3 is 0 Å². The Morgan fingerprint density at radius 2 is 0.618 bits per heavy atom. The molecule has 0 unspecified atom stereocenters. The number of benzene rings is 11. The molecule has 15 rings (SSSR count). The Morgan fingerprint density at radius 1 is 0.333 bits per heavy atom. The average molecular weight is 1390 g/mol. The number of nitrogens with zero attached hydrogens (tertiary/aromatic N) is 4. The van der Waals surface area contributed by atoms with Crippen LogP contribution in [0.5, 0.6) is 0 Å². The van der Waals surface area contributed by atoms with Crippen molar-refractivity contribution in [3.8, 4) is 0 Å². The van der Waals surface area contributed by atoms with Crippen molar-refractivity contribution in [3.63, 3.8) is 0 Å². The second-order valence-electron chi connectivity index (χ2n) is 27.9. The summed E-state index contributed by atoms with van der Waals surface area (Å²) in [6, 6.07) is 99.2. The zero-order valence-electron chi connectivity index (χ0n) is 57.9. The molecule has 0 fully saturated rings. The van der Waals surface area contributed by atoms with Crippen LogP contribution in [0.1, 0.15) is 83.3 Å². The molecule has 0 atom stereocenters. The first kappa shape index (κ1) is 70.5. The van der Waals surface area contributed by atoms with Gasteiger partial charge in [-0.1, -0.05) is 243 Å². The zero-order valence-corrected chi connectivity index (χ0v) is 59.4. The Bertz CT molecular complexity index is 4660. The van der Waals surface area contributed by atoms with Crippen LogP contribution in [0.3, 0.4) is 0 Å². The monoisotopic (exact) mass is 1390 g/mol. The zero-order chi connectivity index (χ0) is 71.6. The van der Waals surface area contributed by atoms with Crippen LogP contribution in [-0.4, -0.2) is 34.7 Å². The number of anilines is 2. The van der Waals surface area contributed by atoms with Gasteiger partial charge in [0.05, 0.1) is 10.8 Å². The van der Waals surface area contributed by atoms with Crippen molar-refractivity contribution in [3.05, 3.63) is 370 Å². The molecule has 0 aromatic heterocycles. The molecule has 4 heterocycles. The molecule has 0 spiro atoms. The van der Waals surface area contributed by atoms with Gasteiger partial charge in [-0.05, 0) is 145 Å². The van der Waals surface area contributed by atoms with Gasteiger partial charge in [-0.25, -0.2) is 37.3 Å². The maximum atomic E-state index is 8.49. The minimum Gasteiger partial charge on any atom is -0.347 e. The number of likely N-dealkylation sites (N-methyl/N-ethyl adjacent to an activating group) is 2. The van der Waals surface area contributed by atoms with Crippen LogP contribution >= 0.6 is 0 Å². The Balaban J connectivity index is 0.000000870. The van der Waals surface area contributed by atoms with Crippen LogP contribution in [0.15, 0.2) is 315 Å². The average Bonchev–Trinajstić information content (AvgIpc) is 1.59. The first-order chi connectivity index (χ1) is 48.9. The van der Waals surface area contributed by atoms with Gasteiger partial charge in [-0.2, -0.15) is 9.15 Å². The minimum absolute atomic E-state index is 0.292. The molecule has 0 saturated heterocycles. The van der Waals surface area contributed by atoms with E-state index in [-0.39, 0.29) is 21.7 Å². The molecule has 102 heavy (non-hydrogen) atoms. The summed E-state index contributed by atoms with van der Waals surface area (Å²) in [4.78, 5) is 4.91. The number of rotatable bonds is 16. The van der Waals surface area contributed by atoms with Gasteiger partial charge in [0.15, 0.2) is 24.5 Å². The molecule has 0 aliphatic carbocycles. The Labute approximate surface area is 601 Å². The van der Waals surface area contributed by atoms with Gasteiger partial charge in [0, 0.05) is 94.2 Å². The maximum Gasteiger partial charge on any atom is 0.210 e. The van der Waals surface area contributed by atoms with Crippen molar-refractivity contribution in [1.29, 1.82) is 0 Å². The third-order valence-electron chi connectivity index (χ3n) is 20.9. The lowest BCUT2D eigenvalue weighted by Crippen LogP contribution is -2.68. The molecule has 4 aliphatic rings. The Morgan fingerprint density at radius 3 is 0.941 bits per heavy atom. The molecule has 4 aliphatic heterocycles. The van der Waals surface area contributed by atoms with E-state index in [1.807, 2.05) is 0 Å². The van der Waals surface area contributed by atoms with Crippen molar-refractivity contribution in [2.24, 2.45) is 0 Å². The molecule has 0 bridgehead atoms. The normalized spacial score (nSPS) is 16.9. The summed E-state index contributed by atoms with van der Waals surface area (Å²) in [5.41, 5.74) is 22.5. The molecule has 11 aromatic carbocycles. The molecular weight excluding hydrogens is 1310 g/mol. The van der Waals surface area contributed by atoms with Crippen molar-refractivity contribution in [1.82, 2.24) is 0 Å². The van der Waals surface area contributed by atoms with E-state index in [2.05, 4.69) is 364 Å². The number of allylic oxidation sites excluding steroid dienone is 8. The first-order valence-electron chi connectivity index (χ1n) is 34.2. The van der Waals surface area contributed by atoms with Crippen LogP contribution in [-0.2, 0) is 60.4 Å². The van der Waals surface area contributed by atoms with Crippen molar-refractivity contribution in [2.75, 3.05) is 23.9 Å². The minimum atomic E-state index is -4.94. The van der Waals surface area contributed by atoms with E-state index in [0.717, 1.165) is 38.8 Å². The van der Waals surface area contributed by atoms with E-state index >= 15 is 0 Å². The SMILES string of the molecule is CN1/C(=C/C=C/C2=[N+](Cc3ccc(C[N+]4=C(/C=C/C=C5/N(C)c6ccccc6C5(Cc5ccccc5)Cc5ccccc5)C(C)(C)c5c4ccc4ccccc54)cc3)c3ccc4ccccc4c3C2(C)C)C(Cc2ccccc2)(Cc2ccccc2)c2ccccc21.[O-][Cl+3]([O-])([O-])[O-].[O-][Cl+3]([O-])([O-])[O-]. The van der Waals surface area contributed by atoms with Gasteiger partial charge in [-0.3, -0.25) is 0 Å². The summed E-state index contributed by atoms with van der Waals surface area (Å²) >= 11 is 0. The van der Waals surface area contributed by atoms with Crippen molar-refractivity contribution in [2.45, 2.75) is 88.1 Å². The van der Waals surface area contributed by atoms with Gasteiger partial charge in [0.25, 0.3) is 0 Å². The first-order valence-corrected chi connectivity index (χ1v) is 36.6. The number of para-hydroxylation sites is 2. The lowest BCUT2D eigenvalue weighted by Gasteiger charge is -2.33. The summed E-state index contributed by atoms with van der Waals surface area (Å²) in [6.45, 7) is 11.2. The van der Waals surface area contributed by atoms with Crippen molar-refractivity contribution < 1.29 is 66.9 Å². The second kappa shape index (κ2) is 28.9. The third-order valence-corrected chi connectivity index (χ3v) is 20.9. The smallest absolute Gasteiger partial charge is 0.210 e. The highest BCUT2D eigenvalue weighted by Gasteiger charge is 2.50. The molecule has 11 aromatic rings. The second-order valence-corrected chi connectivity index (χ2v) is 29.4. The number of hydrogen-bond donors (Lipinski definition) is 0. The molecule has 0 radical (unpaired) electrons. The van der Waals surface area contributed by atoms with Crippen molar-refractivity contribution >= 4 is 55.7 Å². The number of halogens is 2. The molecule has 14 heteroatoms. The molecular formula is C88H80Cl2N4O8. The highest BCUT2D eigenvalue weighted by molar-refractivity contribution is 6.09. The fourth-order valence-corrected chi connectivity index (χ4v) is 16.7. The van der Waals surface area contributed by atoms with E-state index in [1.54, 1.807) is 0 Å². The molecule has 0 amide bonds. The number of fused-ring (bicyclic) bond motifs is 8. The molecule has 12 nitrogen and oxygen atoms in total. The molecule has 0 N–H and O–H groups in total. The lowest BCUT2D eigenvalue weighted by molar-refractivity contribution is -2.00. The highest BCUT2D eigenvalue weighted by atomic mass is 35.7. The van der Waals surface area contributed by atoms with Crippen LogP contribution in [0.2, 0.25) is 0 Å². The summed E-state index contributed by atoms with van der Waals surface area (Å²) in [5, 5.41) is 5.16. The largest absolute Gasteiger partial charge is 0.347 e. The Kier molecular flexibility index (Phi) is 20.0. The fourth-order valence-electron chi connectivity index (χ4n) is 16.7. The van der Waals surface area contributed by atoms with Crippen LogP contribution in [0.25, 0.3) is 21.5 Å². The predicted octanol–water partition coefficient (Wildman–Crippen LogP) is 10.3. The maximum absolute atomic E-state index is 8.49. The van der Waals surface area contributed by atoms with Gasteiger partial charge in [-0.15, -0.1) is 20.5 Å². The van der Waals surface area contributed by atoms with E-state index in [1.165, 1.54) is 123 Å². The van der Waals surface area contributed by atoms with Crippen LogP contribution < -0.4 is 47.1 Å². The third kappa shape index (κ3) is 14.5. The lowest BCUT2D eigenvalue weighted by atomic mass is 9.70. The molecule has 0 saturated carbocycles. The van der Waals surface area contributed by atoms with E-state index in [9.17, 15) is 0 Å². The highest BCUT2D eigenvalue weighted by Crippen LogP contribution is 2.54.